The minimum Gasteiger partial charge on any atom is -0.493 e. The van der Waals surface area contributed by atoms with Crippen LogP contribution in [-0.4, -0.2) is 54.6 Å². The number of ether oxygens (including phenoxy) is 4. The van der Waals surface area contributed by atoms with Gasteiger partial charge in [0.15, 0.2) is 17.6 Å². The number of fused-ring (bicyclic) bond motifs is 2. The highest BCUT2D eigenvalue weighted by Gasteiger charge is 2.47. The molecule has 2 aliphatic rings. The molecule has 3 N–H and O–H groups in total. The molecule has 0 unspecified atom stereocenters. The molecule has 4 atom stereocenters. The fraction of sp³-hybridized carbons (Fsp3) is 0.333. The summed E-state index contributed by atoms with van der Waals surface area (Å²) in [5.74, 6) is 1.71. The molecule has 2 fully saturated rings. The van der Waals surface area contributed by atoms with Crippen molar-refractivity contribution in [3.63, 3.8) is 0 Å². The standard InChI is InChI=1S/C21H20BrClN4O4/c1-28-16-5-11-15(6-17(16)31-18-8-30-19-13(24)7-29-20(18)19)25-9-26-21(11)27-14-3-2-10(22)4-12(14)23/h2-6,9,13,18-20H,7-8,24H2,1H3,(H,25,26,27)/t13-,18-,19+,20+/m1/s1. The summed E-state index contributed by atoms with van der Waals surface area (Å²) in [4.78, 5) is 8.78. The zero-order valence-corrected chi connectivity index (χ0v) is 18.9. The maximum absolute atomic E-state index is 6.35. The van der Waals surface area contributed by atoms with Crippen molar-refractivity contribution >= 4 is 49.9 Å². The number of benzene rings is 2. The third kappa shape index (κ3) is 3.92. The number of nitrogens with zero attached hydrogens (tertiary/aromatic N) is 2. The summed E-state index contributed by atoms with van der Waals surface area (Å²) in [5, 5.41) is 4.60. The first kappa shape index (κ1) is 20.7. The molecule has 2 saturated heterocycles. The number of rotatable bonds is 5. The van der Waals surface area contributed by atoms with Crippen molar-refractivity contribution in [1.29, 1.82) is 0 Å². The number of anilines is 2. The summed E-state index contributed by atoms with van der Waals surface area (Å²) in [6.07, 6.45) is 0.871. The highest BCUT2D eigenvalue weighted by atomic mass is 79.9. The van der Waals surface area contributed by atoms with E-state index < -0.39 is 0 Å². The lowest BCUT2D eigenvalue weighted by atomic mass is 10.1. The molecule has 0 spiro atoms. The van der Waals surface area contributed by atoms with Gasteiger partial charge in [0, 0.05) is 15.9 Å². The number of hydrogen-bond donors (Lipinski definition) is 2. The van der Waals surface area contributed by atoms with Crippen LogP contribution in [-0.2, 0) is 9.47 Å². The molecule has 3 heterocycles. The highest BCUT2D eigenvalue weighted by molar-refractivity contribution is 9.10. The van der Waals surface area contributed by atoms with Crippen molar-refractivity contribution in [3.05, 3.63) is 46.2 Å². The first-order chi connectivity index (χ1) is 15.0. The van der Waals surface area contributed by atoms with Crippen molar-refractivity contribution in [2.24, 2.45) is 5.73 Å². The molecule has 0 amide bonds. The van der Waals surface area contributed by atoms with Crippen LogP contribution in [0.1, 0.15) is 0 Å². The minimum atomic E-state index is -0.272. The van der Waals surface area contributed by atoms with Crippen LogP contribution in [0.3, 0.4) is 0 Å². The van der Waals surface area contributed by atoms with E-state index in [9.17, 15) is 0 Å². The van der Waals surface area contributed by atoms with Gasteiger partial charge in [-0.15, -0.1) is 0 Å². The molecule has 3 aromatic rings. The summed E-state index contributed by atoms with van der Waals surface area (Å²) in [7, 11) is 1.59. The van der Waals surface area contributed by atoms with Gasteiger partial charge >= 0.3 is 0 Å². The van der Waals surface area contributed by atoms with Crippen LogP contribution in [0.4, 0.5) is 11.5 Å². The van der Waals surface area contributed by atoms with Gasteiger partial charge in [0.2, 0.25) is 0 Å². The molecule has 2 aliphatic heterocycles. The van der Waals surface area contributed by atoms with E-state index >= 15 is 0 Å². The summed E-state index contributed by atoms with van der Waals surface area (Å²) in [5.41, 5.74) is 7.46. The van der Waals surface area contributed by atoms with Crippen LogP contribution in [0.15, 0.2) is 41.1 Å². The second kappa shape index (κ2) is 8.40. The number of methoxy groups -OCH3 is 1. The van der Waals surface area contributed by atoms with Gasteiger partial charge in [-0.1, -0.05) is 27.5 Å². The Morgan fingerprint density at radius 3 is 2.77 bits per heavy atom. The monoisotopic (exact) mass is 506 g/mol. The first-order valence-corrected chi connectivity index (χ1v) is 10.9. The molecule has 10 heteroatoms. The Bertz CT molecular complexity index is 1130. The molecule has 5 rings (SSSR count). The number of halogens is 2. The van der Waals surface area contributed by atoms with Crippen molar-refractivity contribution in [1.82, 2.24) is 9.97 Å². The lowest BCUT2D eigenvalue weighted by Gasteiger charge is -2.20. The van der Waals surface area contributed by atoms with E-state index in [4.69, 9.17) is 36.3 Å². The van der Waals surface area contributed by atoms with Gasteiger partial charge in [0.1, 0.15) is 24.4 Å². The Labute approximate surface area is 192 Å². The topological polar surface area (TPSA) is 101 Å². The zero-order valence-electron chi connectivity index (χ0n) is 16.5. The summed E-state index contributed by atoms with van der Waals surface area (Å²) in [6.45, 7) is 0.869. The highest BCUT2D eigenvalue weighted by Crippen LogP contribution is 2.38. The lowest BCUT2D eigenvalue weighted by molar-refractivity contribution is 0.0295. The SMILES string of the molecule is COc1cc2c(Nc3ccc(Br)cc3Cl)ncnc2cc1O[C@@H]1CO[C@@H]2[C@H]1OC[C@H]2N. The van der Waals surface area contributed by atoms with Gasteiger partial charge in [-0.05, 0) is 24.3 Å². The number of nitrogens with two attached hydrogens (primary N) is 1. The third-order valence-electron chi connectivity index (χ3n) is 5.43. The fourth-order valence-corrected chi connectivity index (χ4v) is 4.61. The maximum Gasteiger partial charge on any atom is 0.164 e. The van der Waals surface area contributed by atoms with E-state index in [2.05, 4.69) is 31.2 Å². The van der Waals surface area contributed by atoms with Crippen molar-refractivity contribution < 1.29 is 18.9 Å². The van der Waals surface area contributed by atoms with E-state index in [0.29, 0.717) is 41.1 Å². The summed E-state index contributed by atoms with van der Waals surface area (Å²) in [6, 6.07) is 9.12. The molecule has 31 heavy (non-hydrogen) atoms. The molecule has 0 radical (unpaired) electrons. The van der Waals surface area contributed by atoms with Crippen LogP contribution in [0.25, 0.3) is 10.9 Å². The van der Waals surface area contributed by atoms with Gasteiger partial charge < -0.3 is 30.0 Å². The second-order valence-electron chi connectivity index (χ2n) is 7.41. The zero-order chi connectivity index (χ0) is 21.5. The molecule has 1 aromatic heterocycles. The molecule has 8 nitrogen and oxygen atoms in total. The van der Waals surface area contributed by atoms with Crippen molar-refractivity contribution in [3.8, 4) is 11.5 Å². The molecular formula is C21H20BrClN4O4. The largest absolute Gasteiger partial charge is 0.493 e. The molecule has 0 aliphatic carbocycles. The summed E-state index contributed by atoms with van der Waals surface area (Å²) < 4.78 is 24.3. The Hall–Kier alpha value is -2.17. The number of nitrogens with one attached hydrogen (secondary N) is 1. The van der Waals surface area contributed by atoms with Gasteiger partial charge in [-0.25, -0.2) is 9.97 Å². The van der Waals surface area contributed by atoms with Gasteiger partial charge in [-0.3, -0.25) is 0 Å². The Balaban J connectivity index is 1.46. The van der Waals surface area contributed by atoms with E-state index in [1.807, 2.05) is 30.3 Å². The van der Waals surface area contributed by atoms with E-state index in [0.717, 1.165) is 15.5 Å². The Kier molecular flexibility index (Phi) is 5.61. The van der Waals surface area contributed by atoms with Crippen LogP contribution in [0, 0.1) is 0 Å². The van der Waals surface area contributed by atoms with E-state index in [1.165, 1.54) is 6.33 Å². The molecule has 0 bridgehead atoms. The van der Waals surface area contributed by atoms with Gasteiger partial charge in [0.05, 0.1) is 42.6 Å². The first-order valence-electron chi connectivity index (χ1n) is 9.74. The molecular weight excluding hydrogens is 488 g/mol. The smallest absolute Gasteiger partial charge is 0.164 e. The fourth-order valence-electron chi connectivity index (χ4n) is 3.89. The average molecular weight is 508 g/mol. The lowest BCUT2D eigenvalue weighted by Crippen LogP contribution is -2.38. The minimum absolute atomic E-state index is 0.135. The van der Waals surface area contributed by atoms with E-state index in [-0.39, 0.29) is 24.4 Å². The Morgan fingerprint density at radius 2 is 1.97 bits per heavy atom. The summed E-state index contributed by atoms with van der Waals surface area (Å²) >= 11 is 9.76. The molecule has 0 saturated carbocycles. The second-order valence-corrected chi connectivity index (χ2v) is 8.73. The maximum atomic E-state index is 6.35. The van der Waals surface area contributed by atoms with Crippen LogP contribution >= 0.6 is 27.5 Å². The van der Waals surface area contributed by atoms with Crippen molar-refractivity contribution in [2.75, 3.05) is 25.6 Å². The van der Waals surface area contributed by atoms with Crippen LogP contribution in [0.5, 0.6) is 11.5 Å². The number of aromatic nitrogens is 2. The van der Waals surface area contributed by atoms with Crippen LogP contribution in [0.2, 0.25) is 5.02 Å². The van der Waals surface area contributed by atoms with Gasteiger partial charge in [0.25, 0.3) is 0 Å². The number of hydrogen-bond acceptors (Lipinski definition) is 8. The predicted octanol–water partition coefficient (Wildman–Crippen LogP) is 3.67. The normalized spacial score (nSPS) is 24.9. The predicted molar refractivity (Wildman–Crippen MR) is 120 cm³/mol. The van der Waals surface area contributed by atoms with Crippen molar-refractivity contribution in [2.45, 2.75) is 24.4 Å². The van der Waals surface area contributed by atoms with Crippen LogP contribution < -0.4 is 20.5 Å². The van der Waals surface area contributed by atoms with Gasteiger partial charge in [-0.2, -0.15) is 0 Å². The average Bonchev–Trinajstić information content (AvgIpc) is 3.33. The Morgan fingerprint density at radius 1 is 1.13 bits per heavy atom. The molecule has 2 aromatic carbocycles. The third-order valence-corrected chi connectivity index (χ3v) is 6.24. The molecule has 162 valence electrons. The quantitative estimate of drug-likeness (QED) is 0.539. The van der Waals surface area contributed by atoms with E-state index in [1.54, 1.807) is 7.11 Å².